The van der Waals surface area contributed by atoms with E-state index in [1.165, 1.54) is 10.5 Å². The van der Waals surface area contributed by atoms with Crippen LogP contribution in [0.2, 0.25) is 0 Å². The third-order valence-electron chi connectivity index (χ3n) is 5.79. The van der Waals surface area contributed by atoms with E-state index in [4.69, 9.17) is 9.84 Å². The molecule has 5 rings (SSSR count). The van der Waals surface area contributed by atoms with E-state index in [-0.39, 0.29) is 24.5 Å². The molecule has 0 spiro atoms. The summed E-state index contributed by atoms with van der Waals surface area (Å²) in [6, 6.07) is 16.8. The van der Waals surface area contributed by atoms with Crippen LogP contribution < -0.4 is 0 Å². The lowest BCUT2D eigenvalue weighted by molar-refractivity contribution is -0.136. The molecule has 7 heteroatoms. The van der Waals surface area contributed by atoms with Crippen molar-refractivity contribution >= 4 is 46.3 Å². The van der Waals surface area contributed by atoms with Crippen molar-refractivity contribution in [3.63, 3.8) is 0 Å². The number of carbonyl (C=O) groups is 2. The zero-order valence-electron chi connectivity index (χ0n) is 17.3. The number of carbonyl (C=O) groups excluding carboxylic acids is 2. The lowest BCUT2D eigenvalue weighted by Crippen LogP contribution is -2.34. The number of fused-ring (bicyclic) bond motifs is 1. The van der Waals surface area contributed by atoms with Crippen molar-refractivity contribution in [1.29, 1.82) is 0 Å². The molecule has 2 aromatic heterocycles. The van der Waals surface area contributed by atoms with Gasteiger partial charge in [-0.2, -0.15) is 5.10 Å². The second-order valence-electron chi connectivity index (χ2n) is 7.81. The summed E-state index contributed by atoms with van der Waals surface area (Å²) in [5.41, 5.74) is 2.62. The highest BCUT2D eigenvalue weighted by atomic mass is 32.1. The van der Waals surface area contributed by atoms with Gasteiger partial charge in [0.15, 0.2) is 6.61 Å². The minimum Gasteiger partial charge on any atom is -0.452 e. The van der Waals surface area contributed by atoms with E-state index in [1.807, 2.05) is 23.6 Å². The van der Waals surface area contributed by atoms with Gasteiger partial charge in [-0.15, -0.1) is 22.7 Å². The van der Waals surface area contributed by atoms with Crippen molar-refractivity contribution < 1.29 is 14.3 Å². The molecular formula is C25H22N2O3S2. The maximum absolute atomic E-state index is 13.2. The van der Waals surface area contributed by atoms with Crippen LogP contribution in [0.15, 0.2) is 76.0 Å². The minimum absolute atomic E-state index is 0.153. The molecule has 1 amide bonds. The lowest BCUT2D eigenvalue weighted by atomic mass is 9.79. The second-order valence-corrected chi connectivity index (χ2v) is 9.77. The predicted molar refractivity (Wildman–Crippen MR) is 128 cm³/mol. The Morgan fingerprint density at radius 2 is 1.88 bits per heavy atom. The number of nitrogens with zero attached hydrogens (tertiary/aromatic N) is 2. The Labute approximate surface area is 194 Å². The van der Waals surface area contributed by atoms with Crippen molar-refractivity contribution in [3.05, 3.63) is 86.2 Å². The Kier molecular flexibility index (Phi) is 6.01. The van der Waals surface area contributed by atoms with Gasteiger partial charge in [-0.05, 0) is 65.9 Å². The smallest absolute Gasteiger partial charge is 0.338 e. The zero-order chi connectivity index (χ0) is 21.9. The Bertz CT molecular complexity index is 1150. The summed E-state index contributed by atoms with van der Waals surface area (Å²) in [5.74, 6) is -0.651. The highest BCUT2D eigenvalue weighted by Gasteiger charge is 2.44. The van der Waals surface area contributed by atoms with E-state index in [2.05, 4.69) is 23.6 Å². The first-order chi connectivity index (χ1) is 15.7. The Hall–Kier alpha value is -3.03. The van der Waals surface area contributed by atoms with Crippen molar-refractivity contribution in [2.45, 2.75) is 25.3 Å². The molecule has 2 atom stereocenters. The summed E-state index contributed by atoms with van der Waals surface area (Å²) >= 11 is 3.33. The fraction of sp³-hybridized carbons (Fsp3) is 0.240. The van der Waals surface area contributed by atoms with Gasteiger partial charge in [0.25, 0.3) is 5.91 Å². The maximum atomic E-state index is 13.2. The molecule has 2 aliphatic rings. The zero-order valence-corrected chi connectivity index (χ0v) is 19.0. The van der Waals surface area contributed by atoms with Crippen molar-refractivity contribution in [3.8, 4) is 0 Å². The van der Waals surface area contributed by atoms with E-state index in [1.54, 1.807) is 51.9 Å². The van der Waals surface area contributed by atoms with Gasteiger partial charge in [0, 0.05) is 15.7 Å². The van der Waals surface area contributed by atoms with E-state index in [0.29, 0.717) is 5.56 Å². The molecule has 1 fully saturated rings. The van der Waals surface area contributed by atoms with Gasteiger partial charge in [0.05, 0.1) is 17.3 Å². The number of amides is 1. The molecular weight excluding hydrogens is 440 g/mol. The van der Waals surface area contributed by atoms with Gasteiger partial charge < -0.3 is 4.74 Å². The summed E-state index contributed by atoms with van der Waals surface area (Å²) in [6.45, 7) is -0.330. The lowest BCUT2D eigenvalue weighted by Gasteiger charge is -2.28. The first kappa shape index (κ1) is 20.8. The van der Waals surface area contributed by atoms with Crippen LogP contribution in [0, 0.1) is 5.92 Å². The van der Waals surface area contributed by atoms with Crippen LogP contribution in [0.3, 0.4) is 0 Å². The molecule has 0 saturated heterocycles. The number of ether oxygens (including phenoxy) is 1. The molecule has 2 unspecified atom stereocenters. The average Bonchev–Trinajstić information content (AvgIpc) is 3.58. The summed E-state index contributed by atoms with van der Waals surface area (Å²) in [6.07, 6.45) is 5.20. The van der Waals surface area contributed by atoms with Gasteiger partial charge in [-0.1, -0.05) is 30.3 Å². The average molecular weight is 463 g/mol. The van der Waals surface area contributed by atoms with Crippen LogP contribution in [0.1, 0.15) is 45.4 Å². The van der Waals surface area contributed by atoms with Crippen LogP contribution in [0.4, 0.5) is 0 Å². The largest absolute Gasteiger partial charge is 0.452 e. The van der Waals surface area contributed by atoms with Crippen LogP contribution in [-0.4, -0.2) is 29.2 Å². The van der Waals surface area contributed by atoms with Crippen molar-refractivity contribution in [1.82, 2.24) is 5.01 Å². The molecule has 32 heavy (non-hydrogen) atoms. The fourth-order valence-corrected chi connectivity index (χ4v) is 5.90. The number of benzene rings is 1. The van der Waals surface area contributed by atoms with Crippen molar-refractivity contribution in [2.75, 3.05) is 6.61 Å². The van der Waals surface area contributed by atoms with Gasteiger partial charge in [-0.3, -0.25) is 4.79 Å². The van der Waals surface area contributed by atoms with Gasteiger partial charge in [0.1, 0.15) is 0 Å². The number of esters is 1. The highest BCUT2D eigenvalue weighted by Crippen LogP contribution is 2.45. The Morgan fingerprint density at radius 1 is 1.06 bits per heavy atom. The molecule has 0 N–H and O–H groups in total. The minimum atomic E-state index is -0.505. The molecule has 3 heterocycles. The van der Waals surface area contributed by atoms with Gasteiger partial charge in [0.2, 0.25) is 0 Å². The Balaban J connectivity index is 1.40. The molecule has 1 saturated carbocycles. The number of hydrogen-bond acceptors (Lipinski definition) is 6. The highest BCUT2D eigenvalue weighted by molar-refractivity contribution is 7.11. The van der Waals surface area contributed by atoms with E-state index in [9.17, 15) is 9.59 Å². The molecule has 3 aromatic rings. The predicted octanol–water partition coefficient (Wildman–Crippen LogP) is 5.79. The normalized spacial score (nSPS) is 21.3. The quantitative estimate of drug-likeness (QED) is 0.451. The van der Waals surface area contributed by atoms with Crippen LogP contribution >= 0.6 is 22.7 Å². The molecule has 0 radical (unpaired) electrons. The van der Waals surface area contributed by atoms with Gasteiger partial charge >= 0.3 is 5.97 Å². The third kappa shape index (κ3) is 4.18. The van der Waals surface area contributed by atoms with Crippen LogP contribution in [-0.2, 0) is 9.53 Å². The molecule has 1 aliphatic heterocycles. The summed E-state index contributed by atoms with van der Waals surface area (Å²) < 4.78 is 5.32. The number of hydrazone groups is 1. The first-order valence-corrected chi connectivity index (χ1v) is 12.4. The molecule has 162 valence electrons. The second kappa shape index (κ2) is 9.22. The summed E-state index contributed by atoms with van der Waals surface area (Å²) in [7, 11) is 0. The number of hydrogen-bond donors (Lipinski definition) is 0. The van der Waals surface area contributed by atoms with Crippen molar-refractivity contribution in [2.24, 2.45) is 11.0 Å². The molecule has 1 aromatic carbocycles. The molecule has 5 nitrogen and oxygen atoms in total. The van der Waals surface area contributed by atoms with E-state index >= 15 is 0 Å². The van der Waals surface area contributed by atoms with Crippen LogP contribution in [0.25, 0.3) is 6.08 Å². The third-order valence-corrected chi connectivity index (χ3v) is 7.55. The summed E-state index contributed by atoms with van der Waals surface area (Å²) in [4.78, 5) is 27.8. The number of rotatable bonds is 5. The number of allylic oxidation sites excluding steroid dienone is 1. The topological polar surface area (TPSA) is 59.0 Å². The SMILES string of the molecule is O=C(OCC(=O)N1N=C2C(=Cc3cccs3)CCCC2C1c1cccs1)c1ccccc1. The van der Waals surface area contributed by atoms with Crippen LogP contribution in [0.5, 0.6) is 0 Å². The molecule has 0 bridgehead atoms. The first-order valence-electron chi connectivity index (χ1n) is 10.6. The number of thiophene rings is 2. The Morgan fingerprint density at radius 3 is 2.62 bits per heavy atom. The standard InChI is InChI=1S/C25H22N2O3S2/c28-22(16-30-25(29)17-7-2-1-3-8-17)27-24(21-12-6-14-32-21)20-11-4-9-18(23(20)26-27)15-19-10-5-13-31-19/h1-3,5-8,10,12-15,20,24H,4,9,11,16H2. The molecule has 1 aliphatic carbocycles. The fourth-order valence-electron chi connectivity index (χ4n) is 4.34. The summed E-state index contributed by atoms with van der Waals surface area (Å²) in [5, 5.41) is 10.5. The van der Waals surface area contributed by atoms with Gasteiger partial charge in [-0.25, -0.2) is 9.80 Å². The van der Waals surface area contributed by atoms with E-state index in [0.717, 1.165) is 29.9 Å². The van der Waals surface area contributed by atoms with E-state index < -0.39 is 5.97 Å². The maximum Gasteiger partial charge on any atom is 0.338 e. The monoisotopic (exact) mass is 462 g/mol.